The Morgan fingerprint density at radius 1 is 1.12 bits per heavy atom. The van der Waals surface area contributed by atoms with E-state index < -0.39 is 33.0 Å². The Hall–Kier alpha value is -2.65. The van der Waals surface area contributed by atoms with Crippen LogP contribution in [-0.4, -0.2) is 32.4 Å². The van der Waals surface area contributed by atoms with E-state index >= 15 is 0 Å². The highest BCUT2D eigenvalue weighted by molar-refractivity contribution is 7.89. The highest BCUT2D eigenvalue weighted by Crippen LogP contribution is 2.19. The fourth-order valence-corrected chi connectivity index (χ4v) is 2.77. The average molecular weight is 366 g/mol. The van der Waals surface area contributed by atoms with Crippen LogP contribution in [0.2, 0.25) is 0 Å². The van der Waals surface area contributed by atoms with Crippen LogP contribution in [0.15, 0.2) is 39.8 Å². The van der Waals surface area contributed by atoms with E-state index in [1.54, 1.807) is 18.2 Å². The third-order valence-corrected chi connectivity index (χ3v) is 5.01. The summed E-state index contributed by atoms with van der Waals surface area (Å²) in [5, 5.41) is 11.3. The second kappa shape index (κ2) is 7.08. The van der Waals surface area contributed by atoms with Gasteiger partial charge < -0.3 is 14.8 Å². The summed E-state index contributed by atoms with van der Waals surface area (Å²) in [6.07, 6.45) is 0. The van der Waals surface area contributed by atoms with Gasteiger partial charge in [-0.25, -0.2) is 17.9 Å². The van der Waals surface area contributed by atoms with Crippen molar-refractivity contribution in [3.63, 3.8) is 0 Å². The molecule has 9 heteroatoms. The summed E-state index contributed by atoms with van der Waals surface area (Å²) in [4.78, 5) is 23.8. The van der Waals surface area contributed by atoms with Crippen LogP contribution in [0.3, 0.4) is 0 Å². The molecule has 1 aromatic heterocycles. The zero-order valence-electron chi connectivity index (χ0n) is 13.9. The van der Waals surface area contributed by atoms with Gasteiger partial charge in [0.1, 0.15) is 0 Å². The topological polar surface area (TPSA) is 126 Å². The van der Waals surface area contributed by atoms with E-state index in [0.29, 0.717) is 5.56 Å². The number of nitrogens with one attached hydrogen (secondary N) is 2. The van der Waals surface area contributed by atoms with E-state index in [-0.39, 0.29) is 5.76 Å². The van der Waals surface area contributed by atoms with E-state index in [1.807, 2.05) is 13.8 Å². The standard InChI is InChI=1S/C16H18N2O6S/c1-9-4-5-11(8-10(9)2)14(16(20)21)18-15(19)12-6-7-13(24-12)25(22,23)17-3/h4-8,14,17H,1-3H3,(H,18,19)(H,20,21). The van der Waals surface area contributed by atoms with Crippen molar-refractivity contribution in [3.05, 3.63) is 52.8 Å². The van der Waals surface area contributed by atoms with Crippen molar-refractivity contribution in [2.45, 2.75) is 25.0 Å². The first kappa shape index (κ1) is 18.7. The number of hydrogen-bond acceptors (Lipinski definition) is 5. The maximum Gasteiger partial charge on any atom is 0.330 e. The molecule has 0 spiro atoms. The van der Waals surface area contributed by atoms with Crippen LogP contribution in [0.1, 0.15) is 33.3 Å². The zero-order chi connectivity index (χ0) is 18.8. The predicted octanol–water partition coefficient (Wildman–Crippen LogP) is 1.36. The molecule has 0 radical (unpaired) electrons. The lowest BCUT2D eigenvalue weighted by Crippen LogP contribution is -2.33. The van der Waals surface area contributed by atoms with E-state index in [0.717, 1.165) is 17.2 Å². The molecule has 0 aliphatic rings. The molecular formula is C16H18N2O6S. The minimum Gasteiger partial charge on any atom is -0.479 e. The number of carbonyl (C=O) groups is 2. The van der Waals surface area contributed by atoms with E-state index in [1.165, 1.54) is 13.1 Å². The molecule has 1 amide bonds. The van der Waals surface area contributed by atoms with E-state index in [9.17, 15) is 23.1 Å². The quantitative estimate of drug-likeness (QED) is 0.709. The lowest BCUT2D eigenvalue weighted by Gasteiger charge is -2.15. The maximum atomic E-state index is 12.2. The molecule has 0 aliphatic heterocycles. The Kier molecular flexibility index (Phi) is 5.29. The van der Waals surface area contributed by atoms with Crippen LogP contribution in [-0.2, 0) is 14.8 Å². The molecular weight excluding hydrogens is 348 g/mol. The van der Waals surface area contributed by atoms with Gasteiger partial charge in [-0.3, -0.25) is 4.79 Å². The van der Waals surface area contributed by atoms with Crippen molar-refractivity contribution < 1.29 is 27.5 Å². The lowest BCUT2D eigenvalue weighted by atomic mass is 10.0. The van der Waals surface area contributed by atoms with Gasteiger partial charge in [0.25, 0.3) is 15.9 Å². The first-order chi connectivity index (χ1) is 11.7. The number of aliphatic carboxylic acids is 1. The maximum absolute atomic E-state index is 12.2. The van der Waals surface area contributed by atoms with Gasteiger partial charge in [0.2, 0.25) is 5.09 Å². The molecule has 8 nitrogen and oxygen atoms in total. The highest BCUT2D eigenvalue weighted by atomic mass is 32.2. The number of aryl methyl sites for hydroxylation is 2. The molecule has 0 saturated heterocycles. The summed E-state index contributed by atoms with van der Waals surface area (Å²) in [6, 6.07) is 6.04. The number of carboxylic acids is 1. The number of carbonyl (C=O) groups excluding carboxylic acids is 1. The monoisotopic (exact) mass is 366 g/mol. The fourth-order valence-electron chi connectivity index (χ4n) is 2.12. The number of furan rings is 1. The molecule has 1 aromatic carbocycles. The van der Waals surface area contributed by atoms with Gasteiger partial charge in [-0.05, 0) is 49.7 Å². The van der Waals surface area contributed by atoms with Gasteiger partial charge in [0.05, 0.1) is 0 Å². The van der Waals surface area contributed by atoms with E-state index in [2.05, 4.69) is 10.0 Å². The molecule has 0 bridgehead atoms. The van der Waals surface area contributed by atoms with E-state index in [4.69, 9.17) is 4.42 Å². The summed E-state index contributed by atoms with van der Waals surface area (Å²) in [5.41, 5.74) is 2.28. The van der Waals surface area contributed by atoms with Crippen molar-refractivity contribution in [3.8, 4) is 0 Å². The molecule has 25 heavy (non-hydrogen) atoms. The number of benzene rings is 1. The van der Waals surface area contributed by atoms with Crippen molar-refractivity contribution in [2.75, 3.05) is 7.05 Å². The Morgan fingerprint density at radius 3 is 2.36 bits per heavy atom. The molecule has 134 valence electrons. The predicted molar refractivity (Wildman–Crippen MR) is 88.7 cm³/mol. The van der Waals surface area contributed by atoms with Gasteiger partial charge in [0, 0.05) is 0 Å². The van der Waals surface area contributed by atoms with Gasteiger partial charge in [0.15, 0.2) is 11.8 Å². The average Bonchev–Trinajstić information content (AvgIpc) is 3.06. The molecule has 1 heterocycles. The van der Waals surface area contributed by atoms with Crippen molar-refractivity contribution in [1.82, 2.24) is 10.0 Å². The van der Waals surface area contributed by atoms with Crippen molar-refractivity contribution >= 4 is 21.9 Å². The Bertz CT molecular complexity index is 916. The third kappa shape index (κ3) is 4.06. The lowest BCUT2D eigenvalue weighted by molar-refractivity contribution is -0.139. The first-order valence-corrected chi connectivity index (χ1v) is 8.78. The smallest absolute Gasteiger partial charge is 0.330 e. The SMILES string of the molecule is CNS(=O)(=O)c1ccc(C(=O)NC(C(=O)O)c2ccc(C)c(C)c2)o1. The molecule has 2 rings (SSSR count). The summed E-state index contributed by atoms with van der Waals surface area (Å²) in [5.74, 6) is -2.38. The summed E-state index contributed by atoms with van der Waals surface area (Å²) in [7, 11) is -2.63. The Balaban J connectivity index is 2.27. The molecule has 0 aliphatic carbocycles. The second-order valence-electron chi connectivity index (χ2n) is 5.41. The highest BCUT2D eigenvalue weighted by Gasteiger charge is 2.26. The second-order valence-corrected chi connectivity index (χ2v) is 7.23. The molecule has 1 unspecified atom stereocenters. The van der Waals surface area contributed by atoms with Crippen LogP contribution >= 0.6 is 0 Å². The van der Waals surface area contributed by atoms with Crippen LogP contribution in [0.25, 0.3) is 0 Å². The van der Waals surface area contributed by atoms with Gasteiger partial charge in [-0.15, -0.1) is 0 Å². The summed E-state index contributed by atoms with van der Waals surface area (Å²) in [6.45, 7) is 3.72. The number of amides is 1. The normalized spacial score (nSPS) is 12.6. The van der Waals surface area contributed by atoms with Gasteiger partial charge in [-0.1, -0.05) is 18.2 Å². The number of hydrogen-bond donors (Lipinski definition) is 3. The molecule has 3 N–H and O–H groups in total. The largest absolute Gasteiger partial charge is 0.479 e. The molecule has 1 atom stereocenters. The third-order valence-electron chi connectivity index (χ3n) is 3.73. The molecule has 0 saturated carbocycles. The number of sulfonamides is 1. The molecule has 0 fully saturated rings. The zero-order valence-corrected chi connectivity index (χ0v) is 14.7. The fraction of sp³-hybridized carbons (Fsp3) is 0.250. The Labute approximate surface area is 144 Å². The van der Waals surface area contributed by atoms with Gasteiger partial charge >= 0.3 is 5.97 Å². The van der Waals surface area contributed by atoms with Crippen LogP contribution in [0.4, 0.5) is 0 Å². The first-order valence-electron chi connectivity index (χ1n) is 7.30. The van der Waals surface area contributed by atoms with Crippen molar-refractivity contribution in [2.24, 2.45) is 0 Å². The van der Waals surface area contributed by atoms with Crippen LogP contribution in [0.5, 0.6) is 0 Å². The summed E-state index contributed by atoms with van der Waals surface area (Å²) < 4.78 is 30.3. The van der Waals surface area contributed by atoms with Crippen LogP contribution in [0, 0.1) is 13.8 Å². The van der Waals surface area contributed by atoms with Crippen LogP contribution < -0.4 is 10.0 Å². The minimum atomic E-state index is -3.83. The Morgan fingerprint density at radius 2 is 1.80 bits per heavy atom. The van der Waals surface area contributed by atoms with Crippen molar-refractivity contribution in [1.29, 1.82) is 0 Å². The minimum absolute atomic E-state index is 0.302. The number of carboxylic acid groups (broad SMARTS) is 1. The number of rotatable bonds is 6. The summed E-state index contributed by atoms with van der Waals surface area (Å²) >= 11 is 0. The van der Waals surface area contributed by atoms with Gasteiger partial charge in [-0.2, -0.15) is 0 Å². The molecule has 2 aromatic rings.